The molecule has 2 aromatic rings. The van der Waals surface area contributed by atoms with Gasteiger partial charge >= 0.3 is 0 Å². The quantitative estimate of drug-likeness (QED) is 0.670. The van der Waals surface area contributed by atoms with E-state index < -0.39 is 6.10 Å². The summed E-state index contributed by atoms with van der Waals surface area (Å²) < 4.78 is 7.64. The van der Waals surface area contributed by atoms with E-state index in [1.54, 1.807) is 6.92 Å². The zero-order valence-corrected chi connectivity index (χ0v) is 17.2. The van der Waals surface area contributed by atoms with Gasteiger partial charge in [0.25, 0.3) is 5.91 Å². The van der Waals surface area contributed by atoms with Gasteiger partial charge in [-0.15, -0.1) is 0 Å². The summed E-state index contributed by atoms with van der Waals surface area (Å²) in [6, 6.07) is 16.0. The fourth-order valence-electron chi connectivity index (χ4n) is 2.89. The van der Waals surface area contributed by atoms with Crippen molar-refractivity contribution in [3.05, 3.63) is 57.5 Å². The average Bonchev–Trinajstić information content (AvgIpc) is 2.64. The second-order valence-electron chi connectivity index (χ2n) is 5.98. The molecular weight excluding hydrogens is 448 g/mol. The molecule has 1 saturated heterocycles. The molecule has 6 heteroatoms. The van der Waals surface area contributed by atoms with E-state index in [0.29, 0.717) is 18.8 Å². The van der Waals surface area contributed by atoms with Gasteiger partial charge in [-0.05, 0) is 53.2 Å². The van der Waals surface area contributed by atoms with Crippen LogP contribution in [0.2, 0.25) is 0 Å². The summed E-state index contributed by atoms with van der Waals surface area (Å²) in [5.74, 6) is 0.703. The lowest BCUT2D eigenvalue weighted by Crippen LogP contribution is -2.52. The first-order valence-electron chi connectivity index (χ1n) is 8.25. The van der Waals surface area contributed by atoms with Crippen molar-refractivity contribution in [3.8, 4) is 5.75 Å². The van der Waals surface area contributed by atoms with Gasteiger partial charge in [-0.2, -0.15) is 0 Å². The second kappa shape index (κ2) is 8.23. The van der Waals surface area contributed by atoms with Gasteiger partial charge in [0.1, 0.15) is 5.75 Å². The number of ether oxygens (including phenoxy) is 1. The fraction of sp³-hybridized carbons (Fsp3) is 0.316. The first-order valence-corrected chi connectivity index (χ1v) is 9.83. The number of para-hydroxylation sites is 1. The number of piperazine rings is 1. The lowest BCUT2D eigenvalue weighted by Gasteiger charge is -2.37. The highest BCUT2D eigenvalue weighted by molar-refractivity contribution is 9.11. The highest BCUT2D eigenvalue weighted by atomic mass is 79.9. The summed E-state index contributed by atoms with van der Waals surface area (Å²) in [6.07, 6.45) is -0.513. The first kappa shape index (κ1) is 18.3. The summed E-state index contributed by atoms with van der Waals surface area (Å²) in [5.41, 5.74) is 1.21. The Hall–Kier alpha value is -1.53. The van der Waals surface area contributed by atoms with Crippen molar-refractivity contribution in [2.45, 2.75) is 13.0 Å². The Morgan fingerprint density at radius 1 is 1.04 bits per heavy atom. The van der Waals surface area contributed by atoms with Crippen LogP contribution in [0.1, 0.15) is 6.92 Å². The second-order valence-corrected chi connectivity index (χ2v) is 7.75. The Labute approximate surface area is 165 Å². The first-order chi connectivity index (χ1) is 12.0. The van der Waals surface area contributed by atoms with Crippen molar-refractivity contribution in [1.29, 1.82) is 0 Å². The number of rotatable bonds is 4. The van der Waals surface area contributed by atoms with Crippen molar-refractivity contribution in [2.75, 3.05) is 31.1 Å². The maximum Gasteiger partial charge on any atom is 0.263 e. The van der Waals surface area contributed by atoms with E-state index in [0.717, 1.165) is 22.0 Å². The van der Waals surface area contributed by atoms with Crippen LogP contribution in [0.25, 0.3) is 0 Å². The molecule has 0 aromatic heterocycles. The number of amides is 1. The molecule has 0 saturated carbocycles. The number of hydrogen-bond acceptors (Lipinski definition) is 3. The molecule has 1 fully saturated rings. The third kappa shape index (κ3) is 4.55. The zero-order valence-electron chi connectivity index (χ0n) is 14.0. The number of nitrogens with zero attached hydrogens (tertiary/aromatic N) is 2. The number of carbonyl (C=O) groups excluding carboxylic acids is 1. The van der Waals surface area contributed by atoms with Crippen LogP contribution in [0.5, 0.6) is 5.75 Å². The Bertz CT molecular complexity index is 731. The molecule has 132 valence electrons. The Kier molecular flexibility index (Phi) is 6.02. The summed E-state index contributed by atoms with van der Waals surface area (Å²) in [6.45, 7) is 4.90. The molecule has 25 heavy (non-hydrogen) atoms. The van der Waals surface area contributed by atoms with Crippen LogP contribution in [0.15, 0.2) is 57.5 Å². The molecule has 0 N–H and O–H groups in total. The van der Waals surface area contributed by atoms with E-state index in [1.165, 1.54) is 5.69 Å². The van der Waals surface area contributed by atoms with Crippen LogP contribution >= 0.6 is 31.9 Å². The summed E-state index contributed by atoms with van der Waals surface area (Å²) in [4.78, 5) is 16.9. The third-order valence-electron chi connectivity index (χ3n) is 4.26. The van der Waals surface area contributed by atoms with Gasteiger partial charge in [0.2, 0.25) is 0 Å². The maximum absolute atomic E-state index is 12.7. The van der Waals surface area contributed by atoms with Gasteiger partial charge in [-0.3, -0.25) is 4.79 Å². The summed E-state index contributed by atoms with van der Waals surface area (Å²) >= 11 is 6.88. The van der Waals surface area contributed by atoms with Crippen LogP contribution in [-0.4, -0.2) is 43.1 Å². The topological polar surface area (TPSA) is 32.8 Å². The fourth-order valence-corrected chi connectivity index (χ4v) is 4.03. The minimum Gasteiger partial charge on any atom is -0.480 e. The highest BCUT2D eigenvalue weighted by Crippen LogP contribution is 2.29. The largest absolute Gasteiger partial charge is 0.480 e. The molecule has 0 bridgehead atoms. The van der Waals surface area contributed by atoms with Crippen molar-refractivity contribution >= 4 is 43.5 Å². The number of anilines is 1. The molecule has 1 heterocycles. The molecule has 2 aromatic carbocycles. The maximum atomic E-state index is 12.7. The van der Waals surface area contributed by atoms with Crippen LogP contribution in [0.4, 0.5) is 5.69 Å². The highest BCUT2D eigenvalue weighted by Gasteiger charge is 2.26. The minimum absolute atomic E-state index is 0.0301. The van der Waals surface area contributed by atoms with Crippen LogP contribution in [0.3, 0.4) is 0 Å². The van der Waals surface area contributed by atoms with E-state index in [4.69, 9.17) is 4.74 Å². The smallest absolute Gasteiger partial charge is 0.263 e. The number of carbonyl (C=O) groups is 1. The van der Waals surface area contributed by atoms with Gasteiger partial charge in [0.15, 0.2) is 6.10 Å². The van der Waals surface area contributed by atoms with Crippen molar-refractivity contribution in [2.24, 2.45) is 0 Å². The van der Waals surface area contributed by atoms with E-state index >= 15 is 0 Å². The molecule has 0 radical (unpaired) electrons. The number of halogens is 2. The lowest BCUT2D eigenvalue weighted by atomic mass is 10.2. The van der Waals surface area contributed by atoms with Gasteiger partial charge in [0.05, 0.1) is 4.47 Å². The minimum atomic E-state index is -0.513. The Morgan fingerprint density at radius 3 is 2.36 bits per heavy atom. The number of hydrogen-bond donors (Lipinski definition) is 0. The molecule has 1 aliphatic heterocycles. The standard InChI is InChI=1S/C19H20Br2N2O2/c1-14(25-18-8-7-15(20)13-17(18)21)19(24)23-11-9-22(10-12-23)16-5-3-2-4-6-16/h2-8,13-14H,9-12H2,1H3. The summed E-state index contributed by atoms with van der Waals surface area (Å²) in [5, 5.41) is 0. The molecule has 1 aliphatic rings. The van der Waals surface area contributed by atoms with Gasteiger partial charge in [0, 0.05) is 36.3 Å². The van der Waals surface area contributed by atoms with Crippen LogP contribution < -0.4 is 9.64 Å². The van der Waals surface area contributed by atoms with Gasteiger partial charge in [-0.1, -0.05) is 34.1 Å². The normalized spacial score (nSPS) is 15.8. The van der Waals surface area contributed by atoms with E-state index in [1.807, 2.05) is 41.3 Å². The van der Waals surface area contributed by atoms with Crippen molar-refractivity contribution in [1.82, 2.24) is 4.90 Å². The molecule has 4 nitrogen and oxygen atoms in total. The predicted molar refractivity (Wildman–Crippen MR) is 107 cm³/mol. The van der Waals surface area contributed by atoms with Crippen molar-refractivity contribution < 1.29 is 9.53 Å². The molecule has 1 amide bonds. The molecule has 1 atom stereocenters. The van der Waals surface area contributed by atoms with E-state index in [2.05, 4.69) is 48.9 Å². The van der Waals surface area contributed by atoms with Crippen molar-refractivity contribution in [3.63, 3.8) is 0 Å². The van der Waals surface area contributed by atoms with Crippen LogP contribution in [0, 0.1) is 0 Å². The molecule has 0 aliphatic carbocycles. The zero-order chi connectivity index (χ0) is 17.8. The monoisotopic (exact) mass is 466 g/mol. The van der Waals surface area contributed by atoms with E-state index in [9.17, 15) is 4.79 Å². The molecule has 1 unspecified atom stereocenters. The Morgan fingerprint density at radius 2 is 1.72 bits per heavy atom. The van der Waals surface area contributed by atoms with Gasteiger partial charge < -0.3 is 14.5 Å². The van der Waals surface area contributed by atoms with E-state index in [-0.39, 0.29) is 5.91 Å². The molecule has 0 spiro atoms. The third-order valence-corrected chi connectivity index (χ3v) is 5.37. The molecular formula is C19H20Br2N2O2. The average molecular weight is 468 g/mol. The SMILES string of the molecule is CC(Oc1ccc(Br)cc1Br)C(=O)N1CCN(c2ccccc2)CC1. The number of benzene rings is 2. The summed E-state index contributed by atoms with van der Waals surface area (Å²) in [7, 11) is 0. The van der Waals surface area contributed by atoms with Crippen LogP contribution in [-0.2, 0) is 4.79 Å². The van der Waals surface area contributed by atoms with Gasteiger partial charge in [-0.25, -0.2) is 0 Å². The lowest BCUT2D eigenvalue weighted by molar-refractivity contribution is -0.138. The Balaban J connectivity index is 1.56. The molecule has 3 rings (SSSR count). The predicted octanol–water partition coefficient (Wildman–Crippen LogP) is 4.33.